The Morgan fingerprint density at radius 1 is 1.14 bits per heavy atom. The minimum Gasteiger partial charge on any atom is -0.478 e. The quantitative estimate of drug-likeness (QED) is 0.386. The van der Waals surface area contributed by atoms with Gasteiger partial charge in [0.15, 0.2) is 11.5 Å². The highest BCUT2D eigenvalue weighted by Gasteiger charge is 2.21. The lowest BCUT2D eigenvalue weighted by molar-refractivity contribution is -0.119. The van der Waals surface area contributed by atoms with E-state index >= 15 is 0 Å². The summed E-state index contributed by atoms with van der Waals surface area (Å²) < 4.78 is 7.72. The van der Waals surface area contributed by atoms with Crippen molar-refractivity contribution in [2.24, 2.45) is 5.73 Å². The van der Waals surface area contributed by atoms with Crippen LogP contribution in [0.1, 0.15) is 29.9 Å². The molecule has 1 amide bonds. The highest BCUT2D eigenvalue weighted by Crippen LogP contribution is 2.32. The van der Waals surface area contributed by atoms with Crippen LogP contribution in [-0.4, -0.2) is 51.5 Å². The van der Waals surface area contributed by atoms with E-state index in [0.29, 0.717) is 25.0 Å². The molecule has 0 bridgehead atoms. The Morgan fingerprint density at radius 2 is 1.97 bits per heavy atom. The largest absolute Gasteiger partial charge is 0.478 e. The third kappa shape index (κ3) is 4.50. The second-order valence-electron chi connectivity index (χ2n) is 9.41. The number of ether oxygens (including phenoxy) is 1. The summed E-state index contributed by atoms with van der Waals surface area (Å²) in [6.07, 6.45) is 7.69. The number of anilines is 2. The molecule has 0 saturated carbocycles. The van der Waals surface area contributed by atoms with Crippen LogP contribution >= 0.6 is 0 Å². The van der Waals surface area contributed by atoms with Gasteiger partial charge >= 0.3 is 0 Å². The number of hydrogen-bond acceptors (Lipinski definition) is 7. The number of imidazole rings is 1. The number of carbonyl (C=O) groups is 1. The van der Waals surface area contributed by atoms with Crippen molar-refractivity contribution in [1.82, 2.24) is 24.6 Å². The maximum Gasteiger partial charge on any atom is 0.231 e. The second kappa shape index (κ2) is 9.60. The van der Waals surface area contributed by atoms with Gasteiger partial charge in [0, 0.05) is 35.8 Å². The third-order valence-corrected chi connectivity index (χ3v) is 7.04. The molecule has 4 N–H and O–H groups in total. The number of rotatable bonds is 6. The molecule has 2 aromatic carbocycles. The van der Waals surface area contributed by atoms with Crippen molar-refractivity contribution >= 4 is 23.1 Å². The van der Waals surface area contributed by atoms with Crippen molar-refractivity contribution < 1.29 is 9.53 Å². The van der Waals surface area contributed by atoms with E-state index in [2.05, 4.69) is 61.3 Å². The van der Waals surface area contributed by atoms with Crippen LogP contribution in [0.2, 0.25) is 0 Å². The van der Waals surface area contributed by atoms with Gasteiger partial charge in [-0.1, -0.05) is 12.1 Å². The summed E-state index contributed by atoms with van der Waals surface area (Å²) in [4.78, 5) is 22.6. The van der Waals surface area contributed by atoms with Gasteiger partial charge in [-0.15, -0.1) is 0 Å². The number of nitrogens with two attached hydrogens (primary N) is 1. The molecular formula is C27H29N7O2. The second-order valence-corrected chi connectivity index (χ2v) is 9.41. The van der Waals surface area contributed by atoms with Crippen LogP contribution in [0.4, 0.5) is 11.5 Å². The van der Waals surface area contributed by atoms with Gasteiger partial charge in [0.1, 0.15) is 12.5 Å². The number of amides is 1. The Bertz CT molecular complexity index is 1390. The SMILES string of the molecule is NC(=O)CN1CCC(c2ccc(Nc3ncc(-c4ccc5c(c4)CNCO5)n4ccnc34)cc2)CC1. The molecule has 36 heavy (non-hydrogen) atoms. The zero-order chi connectivity index (χ0) is 24.5. The number of benzene rings is 2. The number of carbonyl (C=O) groups excluding carboxylic acids is 1. The van der Waals surface area contributed by atoms with E-state index in [1.807, 2.05) is 18.5 Å². The van der Waals surface area contributed by atoms with Gasteiger partial charge in [0.25, 0.3) is 0 Å². The number of fused-ring (bicyclic) bond motifs is 2. The van der Waals surface area contributed by atoms with Crippen LogP contribution in [0.5, 0.6) is 5.75 Å². The molecule has 0 aliphatic carbocycles. The van der Waals surface area contributed by atoms with Crippen LogP contribution in [-0.2, 0) is 11.3 Å². The molecule has 4 aromatic rings. The van der Waals surface area contributed by atoms with Gasteiger partial charge < -0.3 is 15.8 Å². The summed E-state index contributed by atoms with van der Waals surface area (Å²) >= 11 is 0. The molecule has 0 radical (unpaired) electrons. The summed E-state index contributed by atoms with van der Waals surface area (Å²) in [6, 6.07) is 14.8. The molecule has 0 atom stereocenters. The lowest BCUT2D eigenvalue weighted by Crippen LogP contribution is -2.39. The predicted octanol–water partition coefficient (Wildman–Crippen LogP) is 3.24. The molecule has 2 aliphatic heterocycles. The number of likely N-dealkylation sites (tertiary alicyclic amines) is 1. The maximum absolute atomic E-state index is 11.2. The fourth-order valence-corrected chi connectivity index (χ4v) is 5.17. The predicted molar refractivity (Wildman–Crippen MR) is 138 cm³/mol. The highest BCUT2D eigenvalue weighted by molar-refractivity contribution is 5.76. The summed E-state index contributed by atoms with van der Waals surface area (Å²) in [5.74, 6) is 1.87. The number of nitrogens with one attached hydrogen (secondary N) is 2. The number of hydrogen-bond donors (Lipinski definition) is 3. The number of nitrogens with zero attached hydrogens (tertiary/aromatic N) is 4. The van der Waals surface area contributed by atoms with Gasteiger partial charge in [-0.25, -0.2) is 9.97 Å². The van der Waals surface area contributed by atoms with Crippen molar-refractivity contribution in [2.75, 3.05) is 31.7 Å². The van der Waals surface area contributed by atoms with Crippen LogP contribution in [0.3, 0.4) is 0 Å². The zero-order valence-electron chi connectivity index (χ0n) is 20.0. The first-order valence-electron chi connectivity index (χ1n) is 12.3. The van der Waals surface area contributed by atoms with Crippen LogP contribution in [0.15, 0.2) is 61.1 Å². The Morgan fingerprint density at radius 3 is 2.78 bits per heavy atom. The van der Waals surface area contributed by atoms with Crippen molar-refractivity contribution in [3.63, 3.8) is 0 Å². The summed E-state index contributed by atoms with van der Waals surface area (Å²) in [5, 5.41) is 6.67. The van der Waals surface area contributed by atoms with Gasteiger partial charge in [0.05, 0.1) is 18.4 Å². The minimum atomic E-state index is -0.258. The third-order valence-electron chi connectivity index (χ3n) is 7.04. The van der Waals surface area contributed by atoms with E-state index in [9.17, 15) is 4.79 Å². The molecule has 1 saturated heterocycles. The minimum absolute atomic E-state index is 0.258. The molecule has 4 heterocycles. The average Bonchev–Trinajstić information content (AvgIpc) is 3.40. The van der Waals surface area contributed by atoms with Crippen LogP contribution in [0.25, 0.3) is 16.9 Å². The molecule has 0 unspecified atom stereocenters. The lowest BCUT2D eigenvalue weighted by atomic mass is 9.89. The number of primary amides is 1. The van der Waals surface area contributed by atoms with Gasteiger partial charge in [-0.05, 0) is 67.7 Å². The number of aromatic nitrogens is 3. The molecule has 2 aromatic heterocycles. The Hall–Kier alpha value is -3.95. The van der Waals surface area contributed by atoms with Crippen molar-refractivity contribution in [3.05, 3.63) is 72.2 Å². The smallest absolute Gasteiger partial charge is 0.231 e. The maximum atomic E-state index is 11.2. The Kier molecular flexibility index (Phi) is 6.00. The normalized spacial score (nSPS) is 16.4. The Labute approximate surface area is 209 Å². The van der Waals surface area contributed by atoms with Crippen LogP contribution in [0, 0.1) is 0 Å². The fraction of sp³-hybridized carbons (Fsp3) is 0.296. The first-order chi connectivity index (χ1) is 17.6. The Balaban J connectivity index is 1.18. The molecular weight excluding hydrogens is 454 g/mol. The topological polar surface area (TPSA) is 110 Å². The first-order valence-corrected chi connectivity index (χ1v) is 12.3. The average molecular weight is 484 g/mol. The molecule has 6 rings (SSSR count). The van der Waals surface area contributed by atoms with Crippen molar-refractivity contribution in [3.8, 4) is 17.0 Å². The molecule has 9 heteroatoms. The van der Waals surface area contributed by atoms with Crippen molar-refractivity contribution in [2.45, 2.75) is 25.3 Å². The van der Waals surface area contributed by atoms with E-state index in [1.54, 1.807) is 6.20 Å². The molecule has 2 aliphatic rings. The highest BCUT2D eigenvalue weighted by atomic mass is 16.5. The summed E-state index contributed by atoms with van der Waals surface area (Å²) in [5.41, 5.74) is 11.6. The lowest BCUT2D eigenvalue weighted by Gasteiger charge is -2.31. The van der Waals surface area contributed by atoms with E-state index in [1.165, 1.54) is 5.56 Å². The standard InChI is InChI=1S/C27H29N7O2/c28-25(35)16-33-10-7-19(8-11-33)18-1-4-22(5-2-18)32-26-27-30-9-12-34(27)23(15-31-26)20-3-6-24-21(13-20)14-29-17-36-24/h1-6,9,12-13,15,19,29H,7-8,10-11,14,16-17H2,(H2,28,35)(H,31,32). The van der Waals surface area contributed by atoms with Gasteiger partial charge in [-0.3, -0.25) is 19.4 Å². The van der Waals surface area contributed by atoms with Crippen molar-refractivity contribution in [1.29, 1.82) is 0 Å². The first kappa shape index (κ1) is 22.5. The van der Waals surface area contributed by atoms with Gasteiger partial charge in [-0.2, -0.15) is 0 Å². The van der Waals surface area contributed by atoms with E-state index in [-0.39, 0.29) is 5.91 Å². The molecule has 184 valence electrons. The van der Waals surface area contributed by atoms with E-state index < -0.39 is 0 Å². The van der Waals surface area contributed by atoms with Crippen LogP contribution < -0.4 is 21.1 Å². The fourth-order valence-electron chi connectivity index (χ4n) is 5.17. The zero-order valence-corrected chi connectivity index (χ0v) is 20.0. The summed E-state index contributed by atoms with van der Waals surface area (Å²) in [6.45, 7) is 3.47. The van der Waals surface area contributed by atoms with E-state index in [4.69, 9.17) is 15.5 Å². The van der Waals surface area contributed by atoms with Gasteiger partial charge in [0.2, 0.25) is 5.91 Å². The monoisotopic (exact) mass is 483 g/mol. The molecule has 9 nitrogen and oxygen atoms in total. The number of piperidine rings is 1. The van der Waals surface area contributed by atoms with E-state index in [0.717, 1.165) is 66.4 Å². The molecule has 1 fully saturated rings. The summed E-state index contributed by atoms with van der Waals surface area (Å²) in [7, 11) is 0. The molecule has 0 spiro atoms.